The molecule has 5 rings (SSSR count). The topological polar surface area (TPSA) is 58.6 Å². The molecule has 2 saturated carbocycles. The number of aryl methyl sites for hydroxylation is 1. The number of Topliss-reactive ketones (excluding diaryl/α,β-unsaturated/α-hetero) is 1. The number of rotatable bonds is 7. The van der Waals surface area contributed by atoms with Gasteiger partial charge in [0.15, 0.2) is 0 Å². The Morgan fingerprint density at radius 2 is 2.12 bits per heavy atom. The first kappa shape index (κ1) is 23.8. The molecule has 1 aromatic carbocycles. The quantitative estimate of drug-likeness (QED) is 0.591. The second kappa shape index (κ2) is 9.64. The Bertz CT molecular complexity index is 930. The lowest BCUT2D eigenvalue weighted by Crippen LogP contribution is -2.46. The van der Waals surface area contributed by atoms with E-state index in [0.29, 0.717) is 30.6 Å². The Kier molecular flexibility index (Phi) is 6.76. The molecule has 186 valence electrons. The fourth-order valence-corrected chi connectivity index (χ4v) is 7.87. The largest absolute Gasteiger partial charge is 0.494 e. The van der Waals surface area contributed by atoms with Crippen molar-refractivity contribution in [3.05, 3.63) is 29.3 Å². The predicted molar refractivity (Wildman–Crippen MR) is 134 cm³/mol. The lowest BCUT2D eigenvalue weighted by Gasteiger charge is -2.49. The van der Waals surface area contributed by atoms with E-state index in [1.807, 2.05) is 6.92 Å². The summed E-state index contributed by atoms with van der Waals surface area (Å²) in [6.45, 7) is 10.2. The van der Waals surface area contributed by atoms with Crippen LogP contribution in [0.15, 0.2) is 18.2 Å². The van der Waals surface area contributed by atoms with Crippen LogP contribution in [0.3, 0.4) is 0 Å². The smallest absolute Gasteiger partial charge is 0.223 e. The second-order valence-electron chi connectivity index (χ2n) is 11.5. The standard InChI is InChI=1S/C29H42N2O3/c1-4-30-28(33)25-18-26(32)29(3)13-12-23-22-11-9-21(17-20(22)8-10-24(23)27(25)29)34-16-6-15-31-14-5-7-19(31)2/h9,11,17,19,23-25,27H,4-8,10,12-16,18H2,1-3H3,(H,30,33)/t19-,23-,24-,25+,27?,29-/m1/s1. The van der Waals surface area contributed by atoms with Gasteiger partial charge >= 0.3 is 0 Å². The summed E-state index contributed by atoms with van der Waals surface area (Å²) in [5.41, 5.74) is 2.52. The van der Waals surface area contributed by atoms with Crippen molar-refractivity contribution in [2.24, 2.45) is 23.2 Å². The molecule has 4 aliphatic rings. The lowest BCUT2D eigenvalue weighted by molar-refractivity contribution is -0.130. The summed E-state index contributed by atoms with van der Waals surface area (Å²) in [6, 6.07) is 7.41. The van der Waals surface area contributed by atoms with E-state index >= 15 is 0 Å². The molecule has 34 heavy (non-hydrogen) atoms. The first-order chi connectivity index (χ1) is 16.4. The van der Waals surface area contributed by atoms with Crippen molar-refractivity contribution in [2.45, 2.75) is 84.1 Å². The monoisotopic (exact) mass is 466 g/mol. The predicted octanol–water partition coefficient (Wildman–Crippen LogP) is 4.73. The third kappa shape index (κ3) is 4.19. The number of amides is 1. The highest BCUT2D eigenvalue weighted by Crippen LogP contribution is 2.61. The van der Waals surface area contributed by atoms with Crippen LogP contribution in [0.1, 0.15) is 82.8 Å². The first-order valence-electron chi connectivity index (χ1n) is 13.7. The fourth-order valence-electron chi connectivity index (χ4n) is 7.87. The van der Waals surface area contributed by atoms with E-state index in [4.69, 9.17) is 4.74 Å². The minimum absolute atomic E-state index is 0.0862. The average Bonchev–Trinajstić information content (AvgIpc) is 3.36. The van der Waals surface area contributed by atoms with Gasteiger partial charge in [-0.2, -0.15) is 0 Å². The van der Waals surface area contributed by atoms with Crippen LogP contribution in [0.2, 0.25) is 0 Å². The van der Waals surface area contributed by atoms with E-state index in [1.54, 1.807) is 0 Å². The Morgan fingerprint density at radius 1 is 1.26 bits per heavy atom. The van der Waals surface area contributed by atoms with E-state index in [0.717, 1.165) is 57.0 Å². The van der Waals surface area contributed by atoms with Crippen LogP contribution in [0.5, 0.6) is 5.75 Å². The Balaban J connectivity index is 1.26. The highest BCUT2D eigenvalue weighted by molar-refractivity contribution is 5.94. The van der Waals surface area contributed by atoms with E-state index in [2.05, 4.69) is 42.3 Å². The number of benzene rings is 1. The third-order valence-corrected chi connectivity index (χ3v) is 9.66. The fraction of sp³-hybridized carbons (Fsp3) is 0.724. The van der Waals surface area contributed by atoms with Crippen molar-refractivity contribution in [1.82, 2.24) is 10.2 Å². The minimum Gasteiger partial charge on any atom is -0.494 e. The first-order valence-corrected chi connectivity index (χ1v) is 13.7. The summed E-state index contributed by atoms with van der Waals surface area (Å²) in [5, 5.41) is 3.01. The van der Waals surface area contributed by atoms with Crippen LogP contribution in [0.25, 0.3) is 0 Å². The zero-order chi connectivity index (χ0) is 23.9. The van der Waals surface area contributed by atoms with E-state index in [9.17, 15) is 9.59 Å². The average molecular weight is 467 g/mol. The number of nitrogens with one attached hydrogen (secondary N) is 1. The molecule has 0 aromatic heterocycles. The number of nitrogens with zero attached hydrogens (tertiary/aromatic N) is 1. The van der Waals surface area contributed by atoms with Crippen LogP contribution in [-0.4, -0.2) is 48.9 Å². The summed E-state index contributed by atoms with van der Waals surface area (Å²) in [4.78, 5) is 28.5. The summed E-state index contributed by atoms with van der Waals surface area (Å²) in [7, 11) is 0. The van der Waals surface area contributed by atoms with Gasteiger partial charge < -0.3 is 15.0 Å². The number of hydrogen-bond acceptors (Lipinski definition) is 4. The van der Waals surface area contributed by atoms with Crippen molar-refractivity contribution in [2.75, 3.05) is 26.2 Å². The van der Waals surface area contributed by atoms with Crippen LogP contribution < -0.4 is 10.1 Å². The lowest BCUT2D eigenvalue weighted by atomic mass is 9.54. The molecule has 1 N–H and O–H groups in total. The molecule has 1 saturated heterocycles. The van der Waals surface area contributed by atoms with E-state index in [1.165, 1.54) is 30.5 Å². The Labute approximate surface area is 205 Å². The van der Waals surface area contributed by atoms with Gasteiger partial charge in [0.1, 0.15) is 11.5 Å². The normalized spacial score (nSPS) is 34.9. The number of likely N-dealkylation sites (tertiary alicyclic amines) is 1. The highest BCUT2D eigenvalue weighted by atomic mass is 16.5. The molecule has 1 aliphatic heterocycles. The number of hydrogen-bond donors (Lipinski definition) is 1. The van der Waals surface area contributed by atoms with Gasteiger partial charge in [-0.3, -0.25) is 9.59 Å². The number of carbonyl (C=O) groups excluding carboxylic acids is 2. The van der Waals surface area contributed by atoms with Gasteiger partial charge in [-0.05, 0) is 106 Å². The number of carbonyl (C=O) groups is 2. The second-order valence-corrected chi connectivity index (χ2v) is 11.5. The number of ketones is 1. The van der Waals surface area contributed by atoms with E-state index < -0.39 is 0 Å². The zero-order valence-corrected chi connectivity index (χ0v) is 21.3. The maximum absolute atomic E-state index is 13.0. The zero-order valence-electron chi connectivity index (χ0n) is 21.3. The van der Waals surface area contributed by atoms with Gasteiger partial charge in [-0.15, -0.1) is 0 Å². The van der Waals surface area contributed by atoms with Crippen LogP contribution in [-0.2, 0) is 16.0 Å². The van der Waals surface area contributed by atoms with Crippen molar-refractivity contribution < 1.29 is 14.3 Å². The Hall–Kier alpha value is -1.88. The van der Waals surface area contributed by atoms with Crippen LogP contribution in [0, 0.1) is 23.2 Å². The molecule has 1 amide bonds. The van der Waals surface area contributed by atoms with Gasteiger partial charge in [-0.25, -0.2) is 0 Å². The van der Waals surface area contributed by atoms with Gasteiger partial charge in [0, 0.05) is 36.9 Å². The molecule has 5 nitrogen and oxygen atoms in total. The summed E-state index contributed by atoms with van der Waals surface area (Å²) < 4.78 is 6.15. The molecule has 1 aromatic rings. The van der Waals surface area contributed by atoms with Crippen molar-refractivity contribution in [1.29, 1.82) is 0 Å². The molecule has 6 atom stereocenters. The van der Waals surface area contributed by atoms with Gasteiger partial charge in [0.25, 0.3) is 0 Å². The Morgan fingerprint density at radius 3 is 2.88 bits per heavy atom. The molecular formula is C29H42N2O3. The van der Waals surface area contributed by atoms with Crippen molar-refractivity contribution in [3.8, 4) is 5.75 Å². The highest BCUT2D eigenvalue weighted by Gasteiger charge is 2.60. The molecule has 0 radical (unpaired) electrons. The molecule has 3 aliphatic carbocycles. The molecule has 0 bridgehead atoms. The molecule has 0 spiro atoms. The summed E-state index contributed by atoms with van der Waals surface area (Å²) >= 11 is 0. The maximum Gasteiger partial charge on any atom is 0.223 e. The van der Waals surface area contributed by atoms with Crippen LogP contribution >= 0.6 is 0 Å². The van der Waals surface area contributed by atoms with Gasteiger partial charge in [0.05, 0.1) is 6.61 Å². The number of fused-ring (bicyclic) bond motifs is 5. The van der Waals surface area contributed by atoms with Gasteiger partial charge in [0.2, 0.25) is 5.91 Å². The molecule has 5 heteroatoms. The van der Waals surface area contributed by atoms with Crippen LogP contribution in [0.4, 0.5) is 0 Å². The SMILES string of the molecule is CCNC(=O)[C@H]1CC(=O)[C@@]2(C)CC[C@@H]3c4ccc(OCCCN5CCC[C@H]5C)cc4CC[C@H]3C12. The molecule has 1 heterocycles. The summed E-state index contributed by atoms with van der Waals surface area (Å²) in [5.74, 6) is 2.27. The maximum atomic E-state index is 13.0. The molecule has 1 unspecified atom stereocenters. The summed E-state index contributed by atoms with van der Waals surface area (Å²) in [6.07, 6.45) is 8.18. The third-order valence-electron chi connectivity index (χ3n) is 9.66. The van der Waals surface area contributed by atoms with Crippen molar-refractivity contribution >= 4 is 11.7 Å². The van der Waals surface area contributed by atoms with Gasteiger partial charge in [-0.1, -0.05) is 13.0 Å². The number of ether oxygens (including phenoxy) is 1. The van der Waals surface area contributed by atoms with E-state index in [-0.39, 0.29) is 23.2 Å². The van der Waals surface area contributed by atoms with Crippen molar-refractivity contribution in [3.63, 3.8) is 0 Å². The molecule has 3 fully saturated rings. The minimum atomic E-state index is -0.329. The molecular weight excluding hydrogens is 424 g/mol.